The minimum Gasteiger partial charge on any atom is -0.444 e. The zero-order chi connectivity index (χ0) is 21.3. The molecule has 0 aliphatic carbocycles. The number of aryl methyl sites for hydroxylation is 2. The van der Waals surface area contributed by atoms with E-state index in [1.165, 1.54) is 5.56 Å². The van der Waals surface area contributed by atoms with E-state index in [9.17, 15) is 0 Å². The summed E-state index contributed by atoms with van der Waals surface area (Å²) in [5.41, 5.74) is 2.91. The van der Waals surface area contributed by atoms with Crippen molar-refractivity contribution in [2.45, 2.75) is 33.4 Å². The highest BCUT2D eigenvalue weighted by atomic mass is 127. The fourth-order valence-electron chi connectivity index (χ4n) is 2.73. The minimum absolute atomic E-state index is 0. The van der Waals surface area contributed by atoms with Gasteiger partial charge < -0.3 is 24.4 Å². The van der Waals surface area contributed by atoms with Gasteiger partial charge in [0.15, 0.2) is 11.8 Å². The molecule has 0 fully saturated rings. The predicted molar refractivity (Wildman–Crippen MR) is 130 cm³/mol. The first-order valence-electron chi connectivity index (χ1n) is 9.94. The number of nitrogens with one attached hydrogen (secondary N) is 2. The van der Waals surface area contributed by atoms with Crippen LogP contribution in [0.3, 0.4) is 0 Å². The zero-order valence-corrected chi connectivity index (χ0v) is 20.7. The van der Waals surface area contributed by atoms with Crippen molar-refractivity contribution in [1.29, 1.82) is 0 Å². The molecule has 2 heterocycles. The number of hydrogen-bond donors (Lipinski definition) is 2. The lowest BCUT2D eigenvalue weighted by atomic mass is 10.1. The van der Waals surface area contributed by atoms with Crippen LogP contribution in [0.2, 0.25) is 0 Å². The van der Waals surface area contributed by atoms with E-state index in [0.717, 1.165) is 35.9 Å². The fraction of sp³-hybridized carbons (Fsp3) is 0.429. The quantitative estimate of drug-likeness (QED) is 0.187. The van der Waals surface area contributed by atoms with Crippen molar-refractivity contribution in [3.63, 3.8) is 0 Å². The molecule has 0 spiro atoms. The number of ether oxygens (including phenoxy) is 1. The van der Waals surface area contributed by atoms with E-state index in [-0.39, 0.29) is 24.0 Å². The second kappa shape index (κ2) is 12.4. The summed E-state index contributed by atoms with van der Waals surface area (Å²) >= 11 is 0. The molecule has 9 nitrogen and oxygen atoms in total. The topological polar surface area (TPSA) is 102 Å². The molecule has 0 radical (unpaired) electrons. The minimum atomic E-state index is 0. The van der Waals surface area contributed by atoms with E-state index in [1.54, 1.807) is 13.4 Å². The van der Waals surface area contributed by atoms with Crippen LogP contribution in [-0.2, 0) is 24.9 Å². The fourth-order valence-corrected chi connectivity index (χ4v) is 2.73. The Kier molecular flexibility index (Phi) is 9.92. The van der Waals surface area contributed by atoms with Crippen LogP contribution in [0.5, 0.6) is 0 Å². The lowest BCUT2D eigenvalue weighted by molar-refractivity contribution is 0.195. The Morgan fingerprint density at radius 3 is 2.61 bits per heavy atom. The van der Waals surface area contributed by atoms with Gasteiger partial charge in [-0.2, -0.15) is 0 Å². The predicted octanol–water partition coefficient (Wildman–Crippen LogP) is 2.98. The summed E-state index contributed by atoms with van der Waals surface area (Å²) in [5.74, 6) is 2.97. The van der Waals surface area contributed by atoms with E-state index in [1.807, 2.05) is 42.8 Å². The van der Waals surface area contributed by atoms with Crippen LogP contribution in [-0.4, -0.2) is 46.0 Å². The number of aliphatic imine (C=N–C) groups is 1. The van der Waals surface area contributed by atoms with Crippen LogP contribution in [0.4, 0.5) is 0 Å². The Hall–Kier alpha value is -2.47. The molecule has 2 aromatic heterocycles. The third kappa shape index (κ3) is 7.31. The summed E-state index contributed by atoms with van der Waals surface area (Å²) in [6.07, 6.45) is 2.52. The maximum Gasteiger partial charge on any atom is 0.226 e. The Morgan fingerprint density at radius 1 is 1.16 bits per heavy atom. The van der Waals surface area contributed by atoms with Gasteiger partial charge in [0, 0.05) is 32.9 Å². The third-order valence-electron chi connectivity index (χ3n) is 4.66. The normalized spacial score (nSPS) is 11.3. The average Bonchev–Trinajstić information content (AvgIpc) is 3.35. The van der Waals surface area contributed by atoms with Gasteiger partial charge in [0.25, 0.3) is 0 Å². The molecule has 0 saturated heterocycles. The van der Waals surface area contributed by atoms with Crippen molar-refractivity contribution in [1.82, 2.24) is 30.4 Å². The molecule has 0 amide bonds. The molecule has 0 aliphatic rings. The molecule has 0 unspecified atom stereocenters. The molecular formula is C21H30IN7O2. The molecule has 3 aromatic rings. The summed E-state index contributed by atoms with van der Waals surface area (Å²) in [7, 11) is 3.64. The first-order valence-corrected chi connectivity index (χ1v) is 9.94. The third-order valence-corrected chi connectivity index (χ3v) is 4.66. The van der Waals surface area contributed by atoms with Gasteiger partial charge in [-0.1, -0.05) is 17.7 Å². The molecule has 3 rings (SSSR count). The number of benzene rings is 1. The molecule has 1 aromatic carbocycles. The summed E-state index contributed by atoms with van der Waals surface area (Å²) in [5, 5.41) is 14.9. The largest absolute Gasteiger partial charge is 0.444 e. The highest BCUT2D eigenvalue weighted by Gasteiger charge is 2.09. The van der Waals surface area contributed by atoms with Crippen molar-refractivity contribution >= 4 is 29.9 Å². The molecular weight excluding hydrogens is 509 g/mol. The van der Waals surface area contributed by atoms with Gasteiger partial charge in [0.1, 0.15) is 17.8 Å². The van der Waals surface area contributed by atoms with Crippen molar-refractivity contribution in [3.05, 3.63) is 53.4 Å². The van der Waals surface area contributed by atoms with Crippen molar-refractivity contribution in [2.75, 3.05) is 20.3 Å². The molecule has 0 bridgehead atoms. The Labute approximate surface area is 199 Å². The van der Waals surface area contributed by atoms with Gasteiger partial charge in [0.05, 0.1) is 13.1 Å². The highest BCUT2D eigenvalue weighted by Crippen LogP contribution is 2.19. The number of rotatable bonds is 9. The van der Waals surface area contributed by atoms with E-state index in [0.29, 0.717) is 31.5 Å². The van der Waals surface area contributed by atoms with Crippen LogP contribution in [0.1, 0.15) is 29.3 Å². The molecule has 0 saturated carbocycles. The second-order valence-corrected chi connectivity index (χ2v) is 7.02. The lowest BCUT2D eigenvalue weighted by Crippen LogP contribution is -2.38. The summed E-state index contributed by atoms with van der Waals surface area (Å²) in [6, 6.07) is 8.08. The van der Waals surface area contributed by atoms with Crippen LogP contribution in [0, 0.1) is 13.8 Å². The summed E-state index contributed by atoms with van der Waals surface area (Å²) < 4.78 is 12.7. The van der Waals surface area contributed by atoms with Crippen LogP contribution < -0.4 is 10.6 Å². The molecule has 10 heteroatoms. The zero-order valence-electron chi connectivity index (χ0n) is 18.4. The van der Waals surface area contributed by atoms with Gasteiger partial charge in [-0.05, 0) is 32.4 Å². The SMILES string of the molecule is COCCCNC(=NCc1coc(-c2ccc(C)cc2)n1)NCc1nnc(C)n1C.I. The van der Waals surface area contributed by atoms with Gasteiger partial charge in [-0.15, -0.1) is 34.2 Å². The standard InChI is InChI=1S/C21H29N7O2.HI/c1-15-6-8-17(9-7-15)20-25-18(14-30-20)12-23-21(22-10-5-11-29-4)24-13-19-27-26-16(2)28(19)3;/h6-9,14H,5,10-13H2,1-4H3,(H2,22,23,24);1H. The van der Waals surface area contributed by atoms with Crippen molar-refractivity contribution < 1.29 is 9.15 Å². The first kappa shape index (κ1) is 24.8. The van der Waals surface area contributed by atoms with Crippen LogP contribution in [0.15, 0.2) is 39.9 Å². The Bertz CT molecular complexity index is 967. The van der Waals surface area contributed by atoms with Crippen LogP contribution >= 0.6 is 24.0 Å². The first-order chi connectivity index (χ1) is 14.6. The number of hydrogen-bond acceptors (Lipinski definition) is 6. The second-order valence-electron chi connectivity index (χ2n) is 7.02. The number of nitrogens with zero attached hydrogens (tertiary/aromatic N) is 5. The molecule has 31 heavy (non-hydrogen) atoms. The molecule has 0 atom stereocenters. The smallest absolute Gasteiger partial charge is 0.226 e. The van der Waals surface area contributed by atoms with Crippen molar-refractivity contribution in [3.8, 4) is 11.5 Å². The number of halogens is 1. The summed E-state index contributed by atoms with van der Waals surface area (Å²) in [4.78, 5) is 9.19. The van der Waals surface area contributed by atoms with Gasteiger partial charge in [-0.3, -0.25) is 0 Å². The lowest BCUT2D eigenvalue weighted by Gasteiger charge is -2.12. The summed E-state index contributed by atoms with van der Waals surface area (Å²) in [6.45, 7) is 6.31. The Morgan fingerprint density at radius 2 is 1.94 bits per heavy atom. The van der Waals surface area contributed by atoms with E-state index in [4.69, 9.17) is 9.15 Å². The number of aromatic nitrogens is 4. The van der Waals surface area contributed by atoms with Crippen LogP contribution in [0.25, 0.3) is 11.5 Å². The van der Waals surface area contributed by atoms with Crippen molar-refractivity contribution in [2.24, 2.45) is 12.0 Å². The number of methoxy groups -OCH3 is 1. The van der Waals surface area contributed by atoms with E-state index >= 15 is 0 Å². The van der Waals surface area contributed by atoms with Gasteiger partial charge in [0.2, 0.25) is 5.89 Å². The maximum absolute atomic E-state index is 5.62. The van der Waals surface area contributed by atoms with E-state index in [2.05, 4.69) is 37.7 Å². The number of oxazole rings is 1. The maximum atomic E-state index is 5.62. The molecule has 0 aliphatic heterocycles. The Balaban J connectivity index is 0.00000341. The molecule has 168 valence electrons. The van der Waals surface area contributed by atoms with Gasteiger partial charge in [-0.25, -0.2) is 9.98 Å². The van der Waals surface area contributed by atoms with E-state index < -0.39 is 0 Å². The number of guanidine groups is 1. The monoisotopic (exact) mass is 539 g/mol. The molecule has 2 N–H and O–H groups in total. The highest BCUT2D eigenvalue weighted by molar-refractivity contribution is 14.0. The average molecular weight is 539 g/mol. The van der Waals surface area contributed by atoms with Gasteiger partial charge >= 0.3 is 0 Å².